The van der Waals surface area contributed by atoms with Crippen molar-refractivity contribution in [1.82, 2.24) is 0 Å². The number of rotatable bonds is 4. The quantitative estimate of drug-likeness (QED) is 0.224. The van der Waals surface area contributed by atoms with Crippen molar-refractivity contribution < 1.29 is 0 Å². The molecule has 0 amide bonds. The maximum atomic E-state index is 3.63. The van der Waals surface area contributed by atoms with Crippen LogP contribution in [-0.4, -0.2) is 6.17 Å². The minimum absolute atomic E-state index is 0.195. The highest BCUT2D eigenvalue weighted by molar-refractivity contribution is 6.21. The van der Waals surface area contributed by atoms with Crippen LogP contribution in [0.25, 0.3) is 54.9 Å². The lowest BCUT2D eigenvalue weighted by atomic mass is 9.86. The summed E-state index contributed by atoms with van der Waals surface area (Å²) in [5, 5.41) is 8.75. The summed E-state index contributed by atoms with van der Waals surface area (Å²) in [6.07, 6.45) is 0.195. The average molecular weight is 539 g/mol. The van der Waals surface area contributed by atoms with Crippen LogP contribution in [0.4, 0.5) is 17.1 Å². The van der Waals surface area contributed by atoms with Crippen LogP contribution in [0, 0.1) is 0 Å². The molecule has 2 nitrogen and oxygen atoms in total. The molecule has 1 heterocycles. The van der Waals surface area contributed by atoms with Crippen molar-refractivity contribution >= 4 is 38.6 Å². The van der Waals surface area contributed by atoms with E-state index in [0.717, 1.165) is 0 Å². The highest BCUT2D eigenvalue weighted by Gasteiger charge is 2.27. The van der Waals surface area contributed by atoms with Crippen molar-refractivity contribution in [2.24, 2.45) is 0 Å². The Morgan fingerprint density at radius 2 is 0.905 bits per heavy atom. The van der Waals surface area contributed by atoms with E-state index in [1.165, 1.54) is 72.0 Å². The van der Waals surface area contributed by atoms with Crippen LogP contribution in [0.15, 0.2) is 152 Å². The summed E-state index contributed by atoms with van der Waals surface area (Å²) in [6, 6.07) is 54.9. The lowest BCUT2D eigenvalue weighted by Gasteiger charge is -2.24. The van der Waals surface area contributed by atoms with E-state index in [1.807, 2.05) is 0 Å². The van der Waals surface area contributed by atoms with E-state index < -0.39 is 0 Å². The molecule has 0 radical (unpaired) electrons. The maximum Gasteiger partial charge on any atom is 0.101 e. The van der Waals surface area contributed by atoms with E-state index >= 15 is 0 Å². The number of fused-ring (bicyclic) bond motifs is 3. The standard InChI is InChI=1S/C40H30N2/c1-27-41-37-25-24-31(26-38(37)42(27)32-14-6-3-7-15-32)28-20-22-30(23-21-28)40-35-18-10-8-16-33(35)39(29-12-4-2-5-13-29)34-17-9-11-19-36(34)40/h2-27,41H,1H3. The van der Waals surface area contributed by atoms with Gasteiger partial charge in [-0.3, -0.25) is 0 Å². The first-order chi connectivity index (χ1) is 20.8. The average Bonchev–Trinajstić information content (AvgIpc) is 3.39. The van der Waals surface area contributed by atoms with Crippen molar-refractivity contribution in [3.8, 4) is 33.4 Å². The molecule has 1 unspecified atom stereocenters. The molecule has 1 atom stereocenters. The normalized spacial score (nSPS) is 14.2. The number of hydrogen-bond acceptors (Lipinski definition) is 2. The SMILES string of the molecule is CC1Nc2ccc(-c3ccc(-c4c5ccccc5c(-c5ccccc5)c5ccccc45)cc3)cc2N1c1ccccc1. The van der Waals surface area contributed by atoms with Crippen LogP contribution >= 0.6 is 0 Å². The van der Waals surface area contributed by atoms with Crippen LogP contribution in [0.1, 0.15) is 6.92 Å². The monoisotopic (exact) mass is 538 g/mol. The summed E-state index contributed by atoms with van der Waals surface area (Å²) in [5.41, 5.74) is 11.1. The second kappa shape index (κ2) is 9.94. The zero-order valence-electron chi connectivity index (χ0n) is 23.5. The Labute approximate surface area is 246 Å². The van der Waals surface area contributed by atoms with E-state index in [4.69, 9.17) is 0 Å². The third-order valence-electron chi connectivity index (χ3n) is 8.54. The second-order valence-corrected chi connectivity index (χ2v) is 11.0. The molecule has 1 aliphatic heterocycles. The van der Waals surface area contributed by atoms with Gasteiger partial charge in [-0.25, -0.2) is 0 Å². The van der Waals surface area contributed by atoms with Gasteiger partial charge < -0.3 is 10.2 Å². The number of nitrogens with one attached hydrogen (secondary N) is 1. The van der Waals surface area contributed by atoms with Gasteiger partial charge in [0.25, 0.3) is 0 Å². The fourth-order valence-electron chi connectivity index (χ4n) is 6.67. The summed E-state index contributed by atoms with van der Waals surface area (Å²) in [4.78, 5) is 2.37. The predicted molar refractivity (Wildman–Crippen MR) is 179 cm³/mol. The van der Waals surface area contributed by atoms with Gasteiger partial charge in [-0.2, -0.15) is 0 Å². The second-order valence-electron chi connectivity index (χ2n) is 11.0. The first-order valence-electron chi connectivity index (χ1n) is 14.6. The molecule has 0 bridgehead atoms. The fourth-order valence-corrected chi connectivity index (χ4v) is 6.67. The Balaban J connectivity index is 1.25. The van der Waals surface area contributed by atoms with Gasteiger partial charge >= 0.3 is 0 Å². The Morgan fingerprint density at radius 1 is 0.452 bits per heavy atom. The third kappa shape index (κ3) is 3.95. The summed E-state index contributed by atoms with van der Waals surface area (Å²) in [6.45, 7) is 2.21. The molecule has 7 aromatic rings. The predicted octanol–water partition coefficient (Wildman–Crippen LogP) is 10.9. The lowest BCUT2D eigenvalue weighted by Crippen LogP contribution is -2.28. The minimum Gasteiger partial charge on any atom is -0.363 e. The molecule has 1 aliphatic rings. The Bertz CT molecular complexity index is 2010. The summed E-state index contributed by atoms with van der Waals surface area (Å²) in [5.74, 6) is 0. The van der Waals surface area contributed by atoms with Gasteiger partial charge in [0, 0.05) is 5.69 Å². The highest BCUT2D eigenvalue weighted by Crippen LogP contribution is 2.45. The maximum absolute atomic E-state index is 3.63. The molecule has 0 saturated carbocycles. The number of para-hydroxylation sites is 1. The molecular formula is C40H30N2. The van der Waals surface area contributed by atoms with Crippen molar-refractivity contribution in [2.75, 3.05) is 10.2 Å². The number of hydrogen-bond donors (Lipinski definition) is 1. The number of benzene rings is 7. The van der Waals surface area contributed by atoms with E-state index in [2.05, 4.69) is 169 Å². The highest BCUT2D eigenvalue weighted by atomic mass is 15.3. The number of nitrogens with zero attached hydrogens (tertiary/aromatic N) is 1. The van der Waals surface area contributed by atoms with E-state index in [9.17, 15) is 0 Å². The van der Waals surface area contributed by atoms with Crippen molar-refractivity contribution in [3.63, 3.8) is 0 Å². The molecule has 2 heteroatoms. The molecule has 7 aromatic carbocycles. The zero-order chi connectivity index (χ0) is 28.0. The van der Waals surface area contributed by atoms with Crippen LogP contribution in [0.5, 0.6) is 0 Å². The van der Waals surface area contributed by atoms with Gasteiger partial charge in [0.15, 0.2) is 0 Å². The summed E-state index contributed by atoms with van der Waals surface area (Å²) in [7, 11) is 0. The topological polar surface area (TPSA) is 15.3 Å². The Hall–Kier alpha value is -5.34. The van der Waals surface area contributed by atoms with Gasteiger partial charge in [0.1, 0.15) is 6.17 Å². The van der Waals surface area contributed by atoms with Crippen LogP contribution in [0.3, 0.4) is 0 Å². The van der Waals surface area contributed by atoms with Crippen LogP contribution < -0.4 is 10.2 Å². The van der Waals surface area contributed by atoms with Gasteiger partial charge in [-0.05, 0) is 86.1 Å². The molecule has 0 saturated heterocycles. The molecule has 0 spiro atoms. The van der Waals surface area contributed by atoms with E-state index in [1.54, 1.807) is 0 Å². The Morgan fingerprint density at radius 3 is 1.48 bits per heavy atom. The molecule has 0 aliphatic carbocycles. The summed E-state index contributed by atoms with van der Waals surface area (Å²) >= 11 is 0. The molecule has 200 valence electrons. The van der Waals surface area contributed by atoms with Crippen LogP contribution in [0.2, 0.25) is 0 Å². The molecule has 1 N–H and O–H groups in total. The summed E-state index contributed by atoms with van der Waals surface area (Å²) < 4.78 is 0. The van der Waals surface area contributed by atoms with E-state index in [0.29, 0.717) is 0 Å². The lowest BCUT2D eigenvalue weighted by molar-refractivity contribution is 0.843. The van der Waals surface area contributed by atoms with Gasteiger partial charge in [-0.1, -0.05) is 127 Å². The first-order valence-corrected chi connectivity index (χ1v) is 14.6. The largest absolute Gasteiger partial charge is 0.363 e. The third-order valence-corrected chi connectivity index (χ3v) is 8.54. The van der Waals surface area contributed by atoms with Crippen molar-refractivity contribution in [2.45, 2.75) is 13.1 Å². The smallest absolute Gasteiger partial charge is 0.101 e. The number of anilines is 3. The minimum atomic E-state index is 0.195. The first kappa shape index (κ1) is 24.5. The van der Waals surface area contributed by atoms with Crippen molar-refractivity contribution in [3.05, 3.63) is 152 Å². The van der Waals surface area contributed by atoms with E-state index in [-0.39, 0.29) is 6.17 Å². The van der Waals surface area contributed by atoms with Gasteiger partial charge in [0.2, 0.25) is 0 Å². The molecular weight excluding hydrogens is 508 g/mol. The molecule has 0 fully saturated rings. The fraction of sp³-hybridized carbons (Fsp3) is 0.0500. The zero-order valence-corrected chi connectivity index (χ0v) is 23.5. The molecule has 42 heavy (non-hydrogen) atoms. The molecule has 8 rings (SSSR count). The van der Waals surface area contributed by atoms with Crippen molar-refractivity contribution in [1.29, 1.82) is 0 Å². The van der Waals surface area contributed by atoms with Crippen LogP contribution in [-0.2, 0) is 0 Å². The van der Waals surface area contributed by atoms with Gasteiger partial charge in [0.05, 0.1) is 11.4 Å². The van der Waals surface area contributed by atoms with Gasteiger partial charge in [-0.15, -0.1) is 0 Å². The Kier molecular flexibility index (Phi) is 5.79. The molecule has 0 aromatic heterocycles.